The molecule has 4 aliphatic carbocycles. The molecule has 0 radical (unpaired) electrons. The number of carbonyl (C=O) groups excluding carboxylic acids is 2. The topological polar surface area (TPSA) is 61.2 Å². The van der Waals surface area contributed by atoms with Crippen molar-refractivity contribution in [1.29, 1.82) is 0 Å². The van der Waals surface area contributed by atoms with Gasteiger partial charge in [0.15, 0.2) is 0 Å². The summed E-state index contributed by atoms with van der Waals surface area (Å²) in [6.07, 6.45) is 10.00. The summed E-state index contributed by atoms with van der Waals surface area (Å²) in [5, 5.41) is 4.60. The van der Waals surface area contributed by atoms with Crippen LogP contribution >= 0.6 is 0 Å². The van der Waals surface area contributed by atoms with Gasteiger partial charge in [-0.2, -0.15) is 5.10 Å². The second-order valence-corrected chi connectivity index (χ2v) is 10.7. The Labute approximate surface area is 179 Å². The van der Waals surface area contributed by atoms with E-state index in [-0.39, 0.29) is 28.8 Å². The van der Waals surface area contributed by atoms with E-state index >= 15 is 0 Å². The van der Waals surface area contributed by atoms with E-state index in [9.17, 15) is 9.59 Å². The SMILES string of the molecule is CC(=O)O[C@@H]1CC[C@]2(C)C(=CC[C@H]3[C@H]4Cc5c(c(C)nn5C(C)=O)[C@]4(C)CC[C@@H]32)C1. The van der Waals surface area contributed by atoms with Crippen molar-refractivity contribution in [1.82, 2.24) is 9.78 Å². The van der Waals surface area contributed by atoms with Crippen molar-refractivity contribution in [2.75, 3.05) is 0 Å². The molecule has 1 aromatic heterocycles. The Hall–Kier alpha value is -1.91. The second kappa shape index (κ2) is 6.54. The molecule has 0 spiro atoms. The number of rotatable bonds is 1. The van der Waals surface area contributed by atoms with Crippen molar-refractivity contribution < 1.29 is 14.3 Å². The molecule has 5 nitrogen and oxygen atoms in total. The largest absolute Gasteiger partial charge is 0.462 e. The molecule has 2 saturated carbocycles. The zero-order valence-corrected chi connectivity index (χ0v) is 19.0. The van der Waals surface area contributed by atoms with Crippen molar-refractivity contribution in [3.8, 4) is 0 Å². The van der Waals surface area contributed by atoms with Crippen LogP contribution in [0.3, 0.4) is 0 Å². The summed E-state index contributed by atoms with van der Waals surface area (Å²) in [6.45, 7) is 10.1. The average Bonchev–Trinajstić information content (AvgIpc) is 3.16. The van der Waals surface area contributed by atoms with Crippen molar-refractivity contribution >= 4 is 11.9 Å². The zero-order valence-electron chi connectivity index (χ0n) is 19.0. The van der Waals surface area contributed by atoms with Crippen molar-refractivity contribution in [3.05, 3.63) is 28.6 Å². The van der Waals surface area contributed by atoms with Gasteiger partial charge in [-0.1, -0.05) is 25.5 Å². The van der Waals surface area contributed by atoms with Crippen LogP contribution in [0.5, 0.6) is 0 Å². The van der Waals surface area contributed by atoms with Gasteiger partial charge >= 0.3 is 5.97 Å². The Morgan fingerprint density at radius 1 is 1.10 bits per heavy atom. The number of hydrogen-bond acceptors (Lipinski definition) is 4. The first-order chi connectivity index (χ1) is 14.1. The molecule has 30 heavy (non-hydrogen) atoms. The summed E-state index contributed by atoms with van der Waals surface area (Å²) in [7, 11) is 0. The molecule has 1 heterocycles. The Morgan fingerprint density at radius 2 is 1.83 bits per heavy atom. The third-order valence-electron chi connectivity index (χ3n) is 9.22. The minimum atomic E-state index is -0.162. The maximum atomic E-state index is 12.2. The lowest BCUT2D eigenvalue weighted by Crippen LogP contribution is -2.51. The molecule has 162 valence electrons. The standard InChI is InChI=1S/C25H34N2O3/c1-14-23-22(27(26-14)15(2)28)13-21-19-7-6-17-12-18(30-16(3)29)8-10-24(17,4)20(19)9-11-25(21,23)5/h6,18-21H,7-13H2,1-5H3/t18-,19-,20+,21-,24-,25-/m1/s1. The summed E-state index contributed by atoms with van der Waals surface area (Å²) in [6, 6.07) is 0. The number of aryl methyl sites for hydroxylation is 1. The molecule has 6 atom stereocenters. The lowest BCUT2D eigenvalue weighted by molar-refractivity contribution is -0.148. The van der Waals surface area contributed by atoms with E-state index < -0.39 is 0 Å². The van der Waals surface area contributed by atoms with Crippen LogP contribution in [-0.2, 0) is 21.4 Å². The molecule has 5 rings (SSSR count). The normalized spacial score (nSPS) is 39.3. The van der Waals surface area contributed by atoms with Crippen LogP contribution in [0.25, 0.3) is 0 Å². The molecule has 2 fully saturated rings. The van der Waals surface area contributed by atoms with Gasteiger partial charge in [0.05, 0.1) is 11.4 Å². The average molecular weight is 411 g/mol. The Kier molecular flexibility index (Phi) is 4.37. The van der Waals surface area contributed by atoms with Gasteiger partial charge in [0.1, 0.15) is 6.10 Å². The van der Waals surface area contributed by atoms with Gasteiger partial charge < -0.3 is 4.74 Å². The first-order valence-corrected chi connectivity index (χ1v) is 11.6. The molecule has 0 unspecified atom stereocenters. The third kappa shape index (κ3) is 2.63. The van der Waals surface area contributed by atoms with Crippen molar-refractivity contribution in [2.24, 2.45) is 23.2 Å². The van der Waals surface area contributed by atoms with Crippen LogP contribution in [0.4, 0.5) is 0 Å². The van der Waals surface area contributed by atoms with E-state index in [1.807, 2.05) is 0 Å². The maximum Gasteiger partial charge on any atom is 0.302 e. The summed E-state index contributed by atoms with van der Waals surface area (Å²) in [5.41, 5.74) is 5.45. The van der Waals surface area contributed by atoms with Crippen molar-refractivity contribution in [2.45, 2.75) is 91.1 Å². The highest BCUT2D eigenvalue weighted by Crippen LogP contribution is 2.64. The predicted octanol–water partition coefficient (Wildman–Crippen LogP) is 4.76. The molecule has 1 aromatic rings. The number of aromatic nitrogens is 2. The van der Waals surface area contributed by atoms with Gasteiger partial charge in [0.25, 0.3) is 0 Å². The number of nitrogens with zero attached hydrogens (tertiary/aromatic N) is 2. The number of esters is 1. The van der Waals surface area contributed by atoms with Crippen LogP contribution in [0, 0.1) is 30.1 Å². The highest BCUT2D eigenvalue weighted by atomic mass is 16.5. The molecule has 0 saturated heterocycles. The zero-order chi connectivity index (χ0) is 21.4. The summed E-state index contributed by atoms with van der Waals surface area (Å²) < 4.78 is 7.25. The third-order valence-corrected chi connectivity index (χ3v) is 9.22. The highest BCUT2D eigenvalue weighted by molar-refractivity contribution is 5.77. The molecule has 0 aliphatic heterocycles. The fourth-order valence-corrected chi connectivity index (χ4v) is 7.95. The number of allylic oxidation sites excluding steroid dienone is 1. The van der Waals surface area contributed by atoms with E-state index in [4.69, 9.17) is 4.74 Å². The maximum absolute atomic E-state index is 12.2. The van der Waals surface area contributed by atoms with E-state index in [2.05, 4.69) is 31.9 Å². The first-order valence-electron chi connectivity index (χ1n) is 11.6. The van der Waals surface area contributed by atoms with Gasteiger partial charge in [0.2, 0.25) is 5.91 Å². The number of carbonyl (C=O) groups is 2. The molecule has 4 aliphatic rings. The van der Waals surface area contributed by atoms with Crippen molar-refractivity contribution in [3.63, 3.8) is 0 Å². The fourth-order valence-electron chi connectivity index (χ4n) is 7.95. The van der Waals surface area contributed by atoms with Crippen LogP contribution in [-0.4, -0.2) is 27.8 Å². The lowest BCUT2D eigenvalue weighted by Gasteiger charge is -2.57. The second-order valence-electron chi connectivity index (χ2n) is 10.7. The number of fused-ring (bicyclic) bond motifs is 7. The molecule has 0 amide bonds. The Bertz CT molecular complexity index is 960. The molecule has 0 N–H and O–H groups in total. The molecule has 0 aromatic carbocycles. The van der Waals surface area contributed by atoms with Crippen LogP contribution in [0.1, 0.15) is 88.0 Å². The summed E-state index contributed by atoms with van der Waals surface area (Å²) in [5.74, 6) is 1.77. The highest BCUT2D eigenvalue weighted by Gasteiger charge is 2.59. The molecular formula is C25H34N2O3. The van der Waals surface area contributed by atoms with Gasteiger partial charge in [-0.05, 0) is 74.0 Å². The van der Waals surface area contributed by atoms with Gasteiger partial charge in [0, 0.05) is 25.8 Å². The molecular weight excluding hydrogens is 376 g/mol. The Morgan fingerprint density at radius 3 is 2.53 bits per heavy atom. The van der Waals surface area contributed by atoms with E-state index in [0.717, 1.165) is 37.8 Å². The minimum absolute atomic E-state index is 0.0275. The van der Waals surface area contributed by atoms with E-state index in [1.165, 1.54) is 36.6 Å². The van der Waals surface area contributed by atoms with E-state index in [1.54, 1.807) is 11.6 Å². The first kappa shape index (κ1) is 20.0. The fraction of sp³-hybridized carbons (Fsp3) is 0.720. The Balaban J connectivity index is 1.47. The van der Waals surface area contributed by atoms with Gasteiger partial charge in [-0.3, -0.25) is 9.59 Å². The smallest absolute Gasteiger partial charge is 0.302 e. The molecule has 5 heteroatoms. The van der Waals surface area contributed by atoms with Crippen LogP contribution in [0.2, 0.25) is 0 Å². The molecule has 0 bridgehead atoms. The summed E-state index contributed by atoms with van der Waals surface area (Å²) >= 11 is 0. The minimum Gasteiger partial charge on any atom is -0.462 e. The van der Waals surface area contributed by atoms with Gasteiger partial charge in [-0.25, -0.2) is 4.68 Å². The van der Waals surface area contributed by atoms with Crippen LogP contribution < -0.4 is 0 Å². The summed E-state index contributed by atoms with van der Waals surface area (Å²) in [4.78, 5) is 23.7. The number of hydrogen-bond donors (Lipinski definition) is 0. The van der Waals surface area contributed by atoms with Gasteiger partial charge in [-0.15, -0.1) is 0 Å². The lowest BCUT2D eigenvalue weighted by atomic mass is 9.47. The quantitative estimate of drug-likeness (QED) is 0.495. The van der Waals surface area contributed by atoms with E-state index in [0.29, 0.717) is 17.8 Å². The monoisotopic (exact) mass is 410 g/mol. The van der Waals surface area contributed by atoms with Crippen LogP contribution in [0.15, 0.2) is 11.6 Å². The number of ether oxygens (including phenoxy) is 1. The predicted molar refractivity (Wildman–Crippen MR) is 114 cm³/mol.